The number of aliphatic carboxylic acids is 1. The number of benzene rings is 2. The summed E-state index contributed by atoms with van der Waals surface area (Å²) in [6.45, 7) is 1.56. The number of hydrogen-bond donors (Lipinski definition) is 2. The van der Waals surface area contributed by atoms with E-state index in [0.29, 0.717) is 5.69 Å². The number of nitrogen functional groups attached to an aromatic ring is 1. The summed E-state index contributed by atoms with van der Waals surface area (Å²) in [4.78, 5) is 10.8. The van der Waals surface area contributed by atoms with Crippen LogP contribution in [0.3, 0.4) is 0 Å². The zero-order valence-electron chi connectivity index (χ0n) is 9.47. The van der Waals surface area contributed by atoms with Crippen LogP contribution < -0.4 is 5.73 Å². The van der Waals surface area contributed by atoms with E-state index in [9.17, 15) is 4.79 Å². The van der Waals surface area contributed by atoms with Crippen molar-refractivity contribution < 1.29 is 9.90 Å². The van der Waals surface area contributed by atoms with Crippen LogP contribution in [0.5, 0.6) is 0 Å². The Balaban J connectivity index is 2.71. The van der Waals surface area contributed by atoms with Gasteiger partial charge >= 0.3 is 5.97 Å². The summed E-state index contributed by atoms with van der Waals surface area (Å²) in [7, 11) is 0. The molecular weight excluding hydrogens is 214 g/mol. The molecule has 0 radical (unpaired) electrons. The van der Waals surface area contributed by atoms with Crippen LogP contribution in [0.2, 0.25) is 0 Å². The van der Waals surface area contributed by atoms with Crippen molar-refractivity contribution in [3.05, 3.63) is 47.5 Å². The van der Waals surface area contributed by atoms with Crippen LogP contribution in [0.1, 0.15) is 12.5 Å². The van der Waals surface area contributed by atoms with Gasteiger partial charge in [0.05, 0.1) is 0 Å². The molecule has 0 heterocycles. The van der Waals surface area contributed by atoms with Gasteiger partial charge in [-0.3, -0.25) is 0 Å². The fourth-order valence-electron chi connectivity index (χ4n) is 1.75. The third kappa shape index (κ3) is 2.13. The molecule has 3 heteroatoms. The second-order valence-electron chi connectivity index (χ2n) is 3.92. The molecule has 0 saturated heterocycles. The largest absolute Gasteiger partial charge is 0.478 e. The second-order valence-corrected chi connectivity index (χ2v) is 3.92. The highest BCUT2D eigenvalue weighted by atomic mass is 16.4. The molecular formula is C14H13NO2. The van der Waals surface area contributed by atoms with Crippen LogP contribution in [-0.2, 0) is 4.79 Å². The fraction of sp³-hybridized carbons (Fsp3) is 0.0714. The molecule has 2 aromatic carbocycles. The molecule has 0 aromatic heterocycles. The summed E-state index contributed by atoms with van der Waals surface area (Å²) in [6.07, 6.45) is 1.61. The average Bonchev–Trinajstić information content (AvgIpc) is 2.32. The van der Waals surface area contributed by atoms with Gasteiger partial charge in [-0.1, -0.05) is 30.3 Å². The van der Waals surface area contributed by atoms with Crippen molar-refractivity contribution in [3.63, 3.8) is 0 Å². The van der Waals surface area contributed by atoms with Crippen molar-refractivity contribution in [2.45, 2.75) is 6.92 Å². The van der Waals surface area contributed by atoms with Crippen molar-refractivity contribution >= 4 is 28.5 Å². The highest BCUT2D eigenvalue weighted by molar-refractivity contribution is 6.00. The fourth-order valence-corrected chi connectivity index (χ4v) is 1.75. The van der Waals surface area contributed by atoms with Gasteiger partial charge in [0.2, 0.25) is 0 Å². The van der Waals surface area contributed by atoms with Crippen LogP contribution in [0.4, 0.5) is 5.69 Å². The molecule has 86 valence electrons. The van der Waals surface area contributed by atoms with Gasteiger partial charge in [0.15, 0.2) is 0 Å². The van der Waals surface area contributed by atoms with Crippen LogP contribution in [0.25, 0.3) is 16.8 Å². The van der Waals surface area contributed by atoms with E-state index in [1.54, 1.807) is 19.1 Å². The first-order chi connectivity index (χ1) is 8.09. The summed E-state index contributed by atoms with van der Waals surface area (Å²) in [5, 5.41) is 10.9. The summed E-state index contributed by atoms with van der Waals surface area (Å²) in [6, 6.07) is 11.5. The topological polar surface area (TPSA) is 63.3 Å². The van der Waals surface area contributed by atoms with Gasteiger partial charge in [-0.2, -0.15) is 0 Å². The van der Waals surface area contributed by atoms with Gasteiger partial charge in [-0.05, 0) is 29.8 Å². The molecule has 0 saturated carbocycles. The van der Waals surface area contributed by atoms with Gasteiger partial charge in [0, 0.05) is 16.8 Å². The van der Waals surface area contributed by atoms with E-state index in [0.717, 1.165) is 16.3 Å². The van der Waals surface area contributed by atoms with E-state index in [1.807, 2.05) is 30.3 Å². The lowest BCUT2D eigenvalue weighted by atomic mass is 10.0. The molecule has 0 aliphatic heterocycles. The van der Waals surface area contributed by atoms with Gasteiger partial charge in [0.1, 0.15) is 0 Å². The van der Waals surface area contributed by atoms with Crippen molar-refractivity contribution in [2.24, 2.45) is 0 Å². The van der Waals surface area contributed by atoms with Gasteiger partial charge < -0.3 is 10.8 Å². The Morgan fingerprint density at radius 3 is 2.65 bits per heavy atom. The Kier molecular flexibility index (Phi) is 2.83. The SMILES string of the molecule is CC(=Cc1c(N)ccc2ccccc12)C(=O)O. The Morgan fingerprint density at radius 1 is 1.24 bits per heavy atom. The predicted octanol–water partition coefficient (Wildman–Crippen LogP) is 2.91. The molecule has 3 N–H and O–H groups in total. The molecule has 0 aliphatic carbocycles. The minimum absolute atomic E-state index is 0.271. The van der Waals surface area contributed by atoms with Crippen molar-refractivity contribution in [1.29, 1.82) is 0 Å². The second kappa shape index (κ2) is 4.29. The van der Waals surface area contributed by atoms with Gasteiger partial charge in [-0.15, -0.1) is 0 Å². The maximum Gasteiger partial charge on any atom is 0.331 e. The lowest BCUT2D eigenvalue weighted by molar-refractivity contribution is -0.132. The monoisotopic (exact) mass is 227 g/mol. The summed E-state index contributed by atoms with van der Waals surface area (Å²) >= 11 is 0. The summed E-state index contributed by atoms with van der Waals surface area (Å²) in [5.41, 5.74) is 7.52. The third-order valence-electron chi connectivity index (χ3n) is 2.70. The Bertz CT molecular complexity index is 615. The number of fused-ring (bicyclic) bond motifs is 1. The molecule has 0 bridgehead atoms. The van der Waals surface area contributed by atoms with E-state index in [2.05, 4.69) is 0 Å². The molecule has 0 unspecified atom stereocenters. The molecule has 2 rings (SSSR count). The lowest BCUT2D eigenvalue weighted by Gasteiger charge is -2.06. The number of nitrogens with two attached hydrogens (primary N) is 1. The maximum atomic E-state index is 10.8. The first kappa shape index (κ1) is 11.2. The Hall–Kier alpha value is -2.29. The lowest BCUT2D eigenvalue weighted by Crippen LogP contribution is -1.97. The van der Waals surface area contributed by atoms with E-state index >= 15 is 0 Å². The van der Waals surface area contributed by atoms with Gasteiger partial charge in [-0.25, -0.2) is 4.79 Å². The summed E-state index contributed by atoms with van der Waals surface area (Å²) < 4.78 is 0. The number of carboxylic acid groups (broad SMARTS) is 1. The van der Waals surface area contributed by atoms with Crippen LogP contribution in [-0.4, -0.2) is 11.1 Å². The van der Waals surface area contributed by atoms with Crippen LogP contribution in [0.15, 0.2) is 42.0 Å². The molecule has 3 nitrogen and oxygen atoms in total. The normalized spacial score (nSPS) is 11.7. The van der Waals surface area contributed by atoms with E-state index in [1.165, 1.54) is 0 Å². The standard InChI is InChI=1S/C14H13NO2/c1-9(14(16)17)8-12-11-5-3-2-4-10(11)6-7-13(12)15/h2-8H,15H2,1H3,(H,16,17). The predicted molar refractivity (Wildman–Crippen MR) is 69.6 cm³/mol. The number of carbonyl (C=O) groups is 1. The maximum absolute atomic E-state index is 10.8. The molecule has 0 fully saturated rings. The number of hydrogen-bond acceptors (Lipinski definition) is 2. The van der Waals surface area contributed by atoms with Crippen molar-refractivity contribution in [1.82, 2.24) is 0 Å². The molecule has 2 aromatic rings. The summed E-state index contributed by atoms with van der Waals surface area (Å²) in [5.74, 6) is -0.933. The van der Waals surface area contributed by atoms with E-state index < -0.39 is 5.97 Å². The molecule has 0 atom stereocenters. The Labute approximate surface area is 99.2 Å². The first-order valence-corrected chi connectivity index (χ1v) is 5.28. The quantitative estimate of drug-likeness (QED) is 0.612. The molecule has 0 spiro atoms. The minimum Gasteiger partial charge on any atom is -0.478 e. The number of anilines is 1. The number of rotatable bonds is 2. The minimum atomic E-state index is -0.933. The van der Waals surface area contributed by atoms with Crippen LogP contribution in [0, 0.1) is 0 Å². The first-order valence-electron chi connectivity index (χ1n) is 5.28. The van der Waals surface area contributed by atoms with E-state index in [-0.39, 0.29) is 5.57 Å². The Morgan fingerprint density at radius 2 is 1.94 bits per heavy atom. The van der Waals surface area contributed by atoms with Crippen molar-refractivity contribution in [2.75, 3.05) is 5.73 Å². The highest BCUT2D eigenvalue weighted by Crippen LogP contribution is 2.26. The third-order valence-corrected chi connectivity index (χ3v) is 2.70. The van der Waals surface area contributed by atoms with Crippen LogP contribution >= 0.6 is 0 Å². The average molecular weight is 227 g/mol. The zero-order valence-corrected chi connectivity index (χ0v) is 9.47. The highest BCUT2D eigenvalue weighted by Gasteiger charge is 2.06. The smallest absolute Gasteiger partial charge is 0.331 e. The molecule has 0 amide bonds. The molecule has 0 aliphatic rings. The van der Waals surface area contributed by atoms with Crippen molar-refractivity contribution in [3.8, 4) is 0 Å². The van der Waals surface area contributed by atoms with Gasteiger partial charge in [0.25, 0.3) is 0 Å². The molecule has 17 heavy (non-hydrogen) atoms. The number of carboxylic acids is 1. The zero-order chi connectivity index (χ0) is 12.4. The van der Waals surface area contributed by atoms with E-state index in [4.69, 9.17) is 10.8 Å².